The second-order valence-corrected chi connectivity index (χ2v) is 5.37. The number of ketones is 1. The molecule has 0 amide bonds. The Morgan fingerprint density at radius 2 is 2.16 bits per heavy atom. The van der Waals surface area contributed by atoms with Crippen LogP contribution < -0.4 is 5.32 Å². The van der Waals surface area contributed by atoms with Crippen molar-refractivity contribution in [2.24, 2.45) is 5.92 Å². The van der Waals surface area contributed by atoms with Crippen LogP contribution in [0.2, 0.25) is 0 Å². The van der Waals surface area contributed by atoms with Gasteiger partial charge in [-0.25, -0.2) is 4.98 Å². The molecule has 1 aliphatic rings. The summed E-state index contributed by atoms with van der Waals surface area (Å²) in [5, 5.41) is 3.50. The quantitative estimate of drug-likeness (QED) is 0.884. The van der Waals surface area contributed by atoms with Crippen molar-refractivity contribution in [3.63, 3.8) is 0 Å². The standard InChI is InChI=1S/C15H19N3O/c19-13-4-1-11(2-5-13)8-16-9-12-3-6-14-15(7-12)18-10-17-14/h3,6-7,10-11,16H,1-2,4-5,8-9H2,(H,17,18). The molecule has 2 N–H and O–H groups in total. The maximum atomic E-state index is 11.2. The van der Waals surface area contributed by atoms with Gasteiger partial charge in [-0.2, -0.15) is 0 Å². The lowest BCUT2D eigenvalue weighted by Crippen LogP contribution is -2.26. The van der Waals surface area contributed by atoms with Crippen molar-refractivity contribution in [3.05, 3.63) is 30.1 Å². The molecule has 1 aromatic carbocycles. The lowest BCUT2D eigenvalue weighted by atomic mass is 9.88. The first-order chi connectivity index (χ1) is 9.31. The molecule has 1 saturated carbocycles. The third-order valence-electron chi connectivity index (χ3n) is 3.91. The Kier molecular flexibility index (Phi) is 3.60. The molecule has 3 rings (SSSR count). The van der Waals surface area contributed by atoms with Crippen molar-refractivity contribution < 1.29 is 4.79 Å². The minimum atomic E-state index is 0.431. The first-order valence-electron chi connectivity index (χ1n) is 6.96. The molecule has 0 spiro atoms. The average Bonchev–Trinajstić information content (AvgIpc) is 2.88. The van der Waals surface area contributed by atoms with Gasteiger partial charge in [0.1, 0.15) is 5.78 Å². The summed E-state index contributed by atoms with van der Waals surface area (Å²) in [6.45, 7) is 1.88. The van der Waals surface area contributed by atoms with Crippen LogP contribution in [0.1, 0.15) is 31.2 Å². The van der Waals surface area contributed by atoms with E-state index in [0.29, 0.717) is 11.7 Å². The number of Topliss-reactive ketones (excluding diaryl/α,β-unsaturated/α-hetero) is 1. The number of aromatic amines is 1. The van der Waals surface area contributed by atoms with Crippen LogP contribution >= 0.6 is 0 Å². The summed E-state index contributed by atoms with van der Waals surface area (Å²) >= 11 is 0. The van der Waals surface area contributed by atoms with Gasteiger partial charge in [-0.1, -0.05) is 6.07 Å². The highest BCUT2D eigenvalue weighted by atomic mass is 16.1. The first-order valence-corrected chi connectivity index (χ1v) is 6.96. The van der Waals surface area contributed by atoms with Crippen LogP contribution in [0.5, 0.6) is 0 Å². The Balaban J connectivity index is 1.50. The van der Waals surface area contributed by atoms with Crippen molar-refractivity contribution in [1.82, 2.24) is 15.3 Å². The second kappa shape index (κ2) is 5.53. The summed E-state index contributed by atoms with van der Waals surface area (Å²) in [4.78, 5) is 18.5. The van der Waals surface area contributed by atoms with E-state index in [0.717, 1.165) is 49.8 Å². The minimum absolute atomic E-state index is 0.431. The number of carbonyl (C=O) groups is 1. The highest BCUT2D eigenvalue weighted by Gasteiger charge is 2.17. The number of H-pyrrole nitrogens is 1. The first kappa shape index (κ1) is 12.4. The number of rotatable bonds is 4. The minimum Gasteiger partial charge on any atom is -0.345 e. The SMILES string of the molecule is O=C1CCC(CNCc2ccc3nc[nH]c3c2)CC1. The average molecular weight is 257 g/mol. The zero-order valence-corrected chi connectivity index (χ0v) is 11.0. The maximum Gasteiger partial charge on any atom is 0.132 e. The molecule has 0 unspecified atom stereocenters. The van der Waals surface area contributed by atoms with Gasteiger partial charge in [-0.05, 0) is 43.0 Å². The fourth-order valence-electron chi connectivity index (χ4n) is 2.72. The van der Waals surface area contributed by atoms with Gasteiger partial charge >= 0.3 is 0 Å². The van der Waals surface area contributed by atoms with Crippen molar-refractivity contribution in [2.45, 2.75) is 32.2 Å². The number of benzene rings is 1. The zero-order chi connectivity index (χ0) is 13.1. The van der Waals surface area contributed by atoms with E-state index >= 15 is 0 Å². The Bertz CT molecular complexity index is 566. The van der Waals surface area contributed by atoms with E-state index in [4.69, 9.17) is 0 Å². The largest absolute Gasteiger partial charge is 0.345 e. The van der Waals surface area contributed by atoms with Crippen LogP contribution in [0, 0.1) is 5.92 Å². The Morgan fingerprint density at radius 3 is 3.00 bits per heavy atom. The molecule has 4 heteroatoms. The van der Waals surface area contributed by atoms with E-state index in [1.807, 2.05) is 6.07 Å². The highest BCUT2D eigenvalue weighted by molar-refractivity contribution is 5.79. The predicted octanol–water partition coefficient (Wildman–Crippen LogP) is 2.41. The number of hydrogen-bond donors (Lipinski definition) is 2. The van der Waals surface area contributed by atoms with Gasteiger partial charge in [0, 0.05) is 19.4 Å². The maximum absolute atomic E-state index is 11.2. The second-order valence-electron chi connectivity index (χ2n) is 5.37. The topological polar surface area (TPSA) is 57.8 Å². The van der Waals surface area contributed by atoms with E-state index in [1.165, 1.54) is 5.56 Å². The molecule has 2 aromatic rings. The molecule has 100 valence electrons. The van der Waals surface area contributed by atoms with Gasteiger partial charge in [0.15, 0.2) is 0 Å². The molecule has 0 radical (unpaired) electrons. The lowest BCUT2D eigenvalue weighted by molar-refractivity contribution is -0.120. The monoisotopic (exact) mass is 257 g/mol. The molecule has 1 aromatic heterocycles. The van der Waals surface area contributed by atoms with Gasteiger partial charge in [0.2, 0.25) is 0 Å². The van der Waals surface area contributed by atoms with E-state index in [2.05, 4.69) is 27.4 Å². The number of imidazole rings is 1. The molecule has 1 heterocycles. The number of hydrogen-bond acceptors (Lipinski definition) is 3. The van der Waals surface area contributed by atoms with Crippen LogP contribution in [0.4, 0.5) is 0 Å². The summed E-state index contributed by atoms with van der Waals surface area (Å²) in [5.74, 6) is 1.09. The van der Waals surface area contributed by atoms with Crippen LogP contribution in [0.25, 0.3) is 11.0 Å². The molecule has 0 aliphatic heterocycles. The zero-order valence-electron chi connectivity index (χ0n) is 11.0. The van der Waals surface area contributed by atoms with Crippen LogP contribution in [-0.4, -0.2) is 22.3 Å². The molecule has 19 heavy (non-hydrogen) atoms. The van der Waals surface area contributed by atoms with Gasteiger partial charge < -0.3 is 10.3 Å². The smallest absolute Gasteiger partial charge is 0.132 e. The molecule has 4 nitrogen and oxygen atoms in total. The van der Waals surface area contributed by atoms with Crippen LogP contribution in [0.3, 0.4) is 0 Å². The van der Waals surface area contributed by atoms with Gasteiger partial charge in [0.05, 0.1) is 17.4 Å². The lowest BCUT2D eigenvalue weighted by Gasteiger charge is -2.21. The Labute approximate surface area is 112 Å². The van der Waals surface area contributed by atoms with Crippen LogP contribution in [-0.2, 0) is 11.3 Å². The van der Waals surface area contributed by atoms with E-state index in [-0.39, 0.29) is 0 Å². The van der Waals surface area contributed by atoms with Crippen molar-refractivity contribution in [1.29, 1.82) is 0 Å². The predicted molar refractivity (Wildman–Crippen MR) is 74.8 cm³/mol. The number of fused-ring (bicyclic) bond motifs is 1. The van der Waals surface area contributed by atoms with Crippen molar-refractivity contribution in [2.75, 3.05) is 6.54 Å². The summed E-state index contributed by atoms with van der Waals surface area (Å²) in [5.41, 5.74) is 3.36. The van der Waals surface area contributed by atoms with E-state index in [9.17, 15) is 4.79 Å². The third-order valence-corrected chi connectivity index (χ3v) is 3.91. The molecule has 1 aliphatic carbocycles. The fraction of sp³-hybridized carbons (Fsp3) is 0.467. The van der Waals surface area contributed by atoms with Gasteiger partial charge in [-0.15, -0.1) is 0 Å². The van der Waals surface area contributed by atoms with Crippen molar-refractivity contribution >= 4 is 16.8 Å². The van der Waals surface area contributed by atoms with Crippen molar-refractivity contribution in [3.8, 4) is 0 Å². The number of nitrogens with one attached hydrogen (secondary N) is 2. The Hall–Kier alpha value is -1.68. The summed E-state index contributed by atoms with van der Waals surface area (Å²) in [6.07, 6.45) is 5.36. The fourth-order valence-corrected chi connectivity index (χ4v) is 2.72. The molecule has 0 saturated heterocycles. The molecule has 0 atom stereocenters. The van der Waals surface area contributed by atoms with Gasteiger partial charge in [0.25, 0.3) is 0 Å². The number of carbonyl (C=O) groups excluding carboxylic acids is 1. The Morgan fingerprint density at radius 1 is 1.32 bits per heavy atom. The molecule has 0 bridgehead atoms. The van der Waals surface area contributed by atoms with E-state index in [1.54, 1.807) is 6.33 Å². The molecule has 1 fully saturated rings. The number of nitrogens with zero attached hydrogens (tertiary/aromatic N) is 1. The van der Waals surface area contributed by atoms with Crippen LogP contribution in [0.15, 0.2) is 24.5 Å². The summed E-state index contributed by atoms with van der Waals surface area (Å²) in [7, 11) is 0. The van der Waals surface area contributed by atoms with Gasteiger partial charge in [-0.3, -0.25) is 4.79 Å². The molecular formula is C15H19N3O. The summed E-state index contributed by atoms with van der Waals surface area (Å²) < 4.78 is 0. The highest BCUT2D eigenvalue weighted by Crippen LogP contribution is 2.20. The third kappa shape index (κ3) is 3.01. The summed E-state index contributed by atoms with van der Waals surface area (Å²) in [6, 6.07) is 6.29. The number of aromatic nitrogens is 2. The molecular weight excluding hydrogens is 238 g/mol. The normalized spacial score (nSPS) is 17.2. The van der Waals surface area contributed by atoms with E-state index < -0.39 is 0 Å².